The van der Waals surface area contributed by atoms with Crippen molar-refractivity contribution in [2.24, 2.45) is 5.92 Å². The van der Waals surface area contributed by atoms with E-state index in [4.69, 9.17) is 0 Å². The zero-order chi connectivity index (χ0) is 15.2. The van der Waals surface area contributed by atoms with E-state index in [1.54, 1.807) is 6.07 Å². The van der Waals surface area contributed by atoms with Gasteiger partial charge in [-0.25, -0.2) is 4.39 Å². The van der Waals surface area contributed by atoms with E-state index in [0.717, 1.165) is 56.1 Å². The van der Waals surface area contributed by atoms with Crippen molar-refractivity contribution in [2.75, 3.05) is 24.5 Å². The van der Waals surface area contributed by atoms with E-state index in [1.807, 2.05) is 6.07 Å². The fourth-order valence-corrected chi connectivity index (χ4v) is 2.91. The molecule has 118 valence electrons. The van der Waals surface area contributed by atoms with Gasteiger partial charge in [-0.15, -0.1) is 0 Å². The van der Waals surface area contributed by atoms with Gasteiger partial charge in [-0.2, -0.15) is 0 Å². The molecule has 2 rings (SSSR count). The van der Waals surface area contributed by atoms with Crippen LogP contribution in [-0.4, -0.2) is 19.6 Å². The molecule has 1 heterocycles. The van der Waals surface area contributed by atoms with E-state index in [1.165, 1.54) is 6.42 Å². The van der Waals surface area contributed by atoms with Crippen LogP contribution in [0.1, 0.15) is 58.1 Å². The van der Waals surface area contributed by atoms with E-state index in [9.17, 15) is 4.39 Å². The van der Waals surface area contributed by atoms with Crippen LogP contribution in [0.5, 0.6) is 0 Å². The fourth-order valence-electron chi connectivity index (χ4n) is 2.91. The Hall–Kier alpha value is -1.09. The van der Waals surface area contributed by atoms with Gasteiger partial charge in [0, 0.05) is 19.1 Å². The molecule has 0 saturated carbocycles. The summed E-state index contributed by atoms with van der Waals surface area (Å²) in [5, 5.41) is 3.45. The van der Waals surface area contributed by atoms with E-state index in [-0.39, 0.29) is 11.9 Å². The number of piperidine rings is 1. The summed E-state index contributed by atoms with van der Waals surface area (Å²) in [6.45, 7) is 9.50. The van der Waals surface area contributed by atoms with Crippen molar-refractivity contribution in [1.82, 2.24) is 5.32 Å². The van der Waals surface area contributed by atoms with Gasteiger partial charge in [-0.3, -0.25) is 0 Å². The molecule has 1 aromatic carbocycles. The number of hydrogen-bond donors (Lipinski definition) is 1. The molecule has 0 amide bonds. The smallest absolute Gasteiger partial charge is 0.146 e. The SMILES string of the molecule is CCCCN[C@@H](C)c1ccc(N2CCC(C)CC2)c(F)c1. The Morgan fingerprint density at radius 1 is 1.33 bits per heavy atom. The molecule has 0 unspecified atom stereocenters. The number of nitrogens with zero attached hydrogens (tertiary/aromatic N) is 1. The quantitative estimate of drug-likeness (QED) is 0.776. The minimum absolute atomic E-state index is 0.0776. The van der Waals surface area contributed by atoms with Crippen LogP contribution in [0, 0.1) is 11.7 Å². The Labute approximate surface area is 128 Å². The van der Waals surface area contributed by atoms with Crippen molar-refractivity contribution in [3.63, 3.8) is 0 Å². The van der Waals surface area contributed by atoms with Crippen LogP contribution in [0.4, 0.5) is 10.1 Å². The van der Waals surface area contributed by atoms with Gasteiger partial charge >= 0.3 is 0 Å². The van der Waals surface area contributed by atoms with Crippen LogP contribution in [0.15, 0.2) is 18.2 Å². The molecule has 0 aromatic heterocycles. The summed E-state index contributed by atoms with van der Waals surface area (Å²) in [4.78, 5) is 2.19. The summed E-state index contributed by atoms with van der Waals surface area (Å²) in [6.07, 6.45) is 4.67. The van der Waals surface area contributed by atoms with Crippen LogP contribution < -0.4 is 10.2 Å². The molecule has 0 spiro atoms. The molecule has 1 aromatic rings. The lowest BCUT2D eigenvalue weighted by atomic mass is 9.98. The third kappa shape index (κ3) is 4.44. The zero-order valence-corrected chi connectivity index (χ0v) is 13.7. The molecule has 21 heavy (non-hydrogen) atoms. The molecular weight excluding hydrogens is 263 g/mol. The number of benzene rings is 1. The van der Waals surface area contributed by atoms with Gasteiger partial charge in [0.05, 0.1) is 5.69 Å². The van der Waals surface area contributed by atoms with Crippen LogP contribution in [0.3, 0.4) is 0 Å². The standard InChI is InChI=1S/C18H29FN2/c1-4-5-10-20-15(3)16-6-7-18(17(19)13-16)21-11-8-14(2)9-12-21/h6-7,13-15,20H,4-5,8-12H2,1-3H3/t15-/m0/s1. The van der Waals surface area contributed by atoms with Crippen molar-refractivity contribution in [3.8, 4) is 0 Å². The summed E-state index contributed by atoms with van der Waals surface area (Å²) >= 11 is 0. The largest absolute Gasteiger partial charge is 0.369 e. The molecular formula is C18H29FN2. The highest BCUT2D eigenvalue weighted by atomic mass is 19.1. The van der Waals surface area contributed by atoms with Crippen LogP contribution >= 0.6 is 0 Å². The summed E-state index contributed by atoms with van der Waals surface area (Å²) in [7, 11) is 0. The first-order chi connectivity index (χ1) is 10.1. The Kier molecular flexibility index (Phi) is 6.04. The fraction of sp³-hybridized carbons (Fsp3) is 0.667. The highest BCUT2D eigenvalue weighted by Gasteiger charge is 2.19. The molecule has 0 bridgehead atoms. The van der Waals surface area contributed by atoms with Crippen molar-refractivity contribution in [2.45, 2.75) is 52.5 Å². The number of anilines is 1. The Bertz CT molecular complexity index is 439. The highest BCUT2D eigenvalue weighted by Crippen LogP contribution is 2.27. The predicted molar refractivity (Wildman–Crippen MR) is 88.3 cm³/mol. The van der Waals surface area contributed by atoms with Crippen molar-refractivity contribution < 1.29 is 4.39 Å². The maximum Gasteiger partial charge on any atom is 0.146 e. The molecule has 1 atom stereocenters. The summed E-state index contributed by atoms with van der Waals surface area (Å²) < 4.78 is 14.4. The maximum atomic E-state index is 14.4. The van der Waals surface area contributed by atoms with Gasteiger partial charge in [0.25, 0.3) is 0 Å². The second-order valence-electron chi connectivity index (χ2n) is 6.41. The minimum Gasteiger partial charge on any atom is -0.369 e. The van der Waals surface area contributed by atoms with Gasteiger partial charge in [0.15, 0.2) is 0 Å². The molecule has 3 heteroatoms. The summed E-state index contributed by atoms with van der Waals surface area (Å²) in [5.74, 6) is 0.692. The van der Waals surface area contributed by atoms with Crippen LogP contribution in [-0.2, 0) is 0 Å². The Balaban J connectivity index is 2.00. The van der Waals surface area contributed by atoms with Crippen molar-refractivity contribution >= 4 is 5.69 Å². The highest BCUT2D eigenvalue weighted by molar-refractivity contribution is 5.50. The van der Waals surface area contributed by atoms with Gasteiger partial charge in [0.1, 0.15) is 5.82 Å². The van der Waals surface area contributed by atoms with Crippen LogP contribution in [0.2, 0.25) is 0 Å². The van der Waals surface area contributed by atoms with E-state index in [2.05, 4.69) is 37.1 Å². The van der Waals surface area contributed by atoms with E-state index < -0.39 is 0 Å². The third-order valence-electron chi connectivity index (χ3n) is 4.58. The molecule has 0 aliphatic carbocycles. The first-order valence-corrected chi connectivity index (χ1v) is 8.39. The van der Waals surface area contributed by atoms with Gasteiger partial charge in [0.2, 0.25) is 0 Å². The summed E-state index contributed by atoms with van der Waals surface area (Å²) in [6, 6.07) is 5.94. The lowest BCUT2D eigenvalue weighted by Crippen LogP contribution is -2.33. The normalized spacial score (nSPS) is 18.0. The zero-order valence-electron chi connectivity index (χ0n) is 13.7. The first-order valence-electron chi connectivity index (χ1n) is 8.39. The molecule has 1 saturated heterocycles. The average Bonchev–Trinajstić information content (AvgIpc) is 2.48. The lowest BCUT2D eigenvalue weighted by molar-refractivity contribution is 0.434. The average molecular weight is 292 g/mol. The Morgan fingerprint density at radius 3 is 2.67 bits per heavy atom. The van der Waals surface area contributed by atoms with E-state index >= 15 is 0 Å². The monoisotopic (exact) mass is 292 g/mol. The van der Waals surface area contributed by atoms with Crippen molar-refractivity contribution in [1.29, 1.82) is 0 Å². The molecule has 1 fully saturated rings. The third-order valence-corrected chi connectivity index (χ3v) is 4.58. The number of rotatable bonds is 6. The number of unbranched alkanes of at least 4 members (excludes halogenated alkanes) is 1. The van der Waals surface area contributed by atoms with Crippen molar-refractivity contribution in [3.05, 3.63) is 29.6 Å². The molecule has 1 aliphatic rings. The molecule has 1 aliphatic heterocycles. The van der Waals surface area contributed by atoms with Gasteiger partial charge in [-0.1, -0.05) is 26.3 Å². The second-order valence-corrected chi connectivity index (χ2v) is 6.41. The second kappa shape index (κ2) is 7.79. The lowest BCUT2D eigenvalue weighted by Gasteiger charge is -2.32. The number of halogens is 1. The first kappa shape index (κ1) is 16.3. The number of nitrogens with one attached hydrogen (secondary N) is 1. The molecule has 0 radical (unpaired) electrons. The maximum absolute atomic E-state index is 14.4. The summed E-state index contributed by atoms with van der Waals surface area (Å²) in [5.41, 5.74) is 1.81. The topological polar surface area (TPSA) is 15.3 Å². The van der Waals surface area contributed by atoms with Crippen LogP contribution in [0.25, 0.3) is 0 Å². The molecule has 1 N–H and O–H groups in total. The van der Waals surface area contributed by atoms with Gasteiger partial charge < -0.3 is 10.2 Å². The molecule has 2 nitrogen and oxygen atoms in total. The van der Waals surface area contributed by atoms with Gasteiger partial charge in [-0.05, 0) is 56.3 Å². The number of hydrogen-bond acceptors (Lipinski definition) is 2. The van der Waals surface area contributed by atoms with E-state index in [0.29, 0.717) is 0 Å². The predicted octanol–water partition coefficient (Wildman–Crippen LogP) is 4.51. The minimum atomic E-state index is -0.0776. The Morgan fingerprint density at radius 2 is 2.05 bits per heavy atom.